The molecule has 34 heavy (non-hydrogen) atoms. The van der Waals surface area contributed by atoms with Crippen molar-refractivity contribution in [2.45, 2.75) is 95.8 Å². The fourth-order valence-corrected chi connectivity index (χ4v) is 6.44. The van der Waals surface area contributed by atoms with Crippen molar-refractivity contribution in [3.05, 3.63) is 24.1 Å². The van der Waals surface area contributed by atoms with Crippen LogP contribution in [-0.4, -0.2) is 63.9 Å². The van der Waals surface area contributed by atoms with Gasteiger partial charge in [0.2, 0.25) is 5.91 Å². The van der Waals surface area contributed by atoms with Gasteiger partial charge >= 0.3 is 0 Å². The topological polar surface area (TPSA) is 70.7 Å². The number of hydrogen-bond acceptors (Lipinski definition) is 4. The predicted molar refractivity (Wildman–Crippen MR) is 133 cm³/mol. The van der Waals surface area contributed by atoms with Crippen molar-refractivity contribution in [1.29, 1.82) is 0 Å². The van der Waals surface area contributed by atoms with Crippen LogP contribution in [0.1, 0.15) is 82.1 Å². The second-order valence-corrected chi connectivity index (χ2v) is 11.1. The molecule has 2 aromatic rings. The third-order valence-electron chi connectivity index (χ3n) is 8.84. The molecule has 0 unspecified atom stereocenters. The first-order valence-corrected chi connectivity index (χ1v) is 13.3. The molecule has 2 saturated carbocycles. The molecule has 2 aromatic heterocycles. The Morgan fingerprint density at radius 1 is 1.18 bits per heavy atom. The van der Waals surface area contributed by atoms with Crippen molar-refractivity contribution in [3.8, 4) is 0 Å². The van der Waals surface area contributed by atoms with Crippen molar-refractivity contribution in [1.82, 2.24) is 19.7 Å². The van der Waals surface area contributed by atoms with Crippen LogP contribution in [0, 0.1) is 5.92 Å². The fourth-order valence-electron chi connectivity index (χ4n) is 6.44. The van der Waals surface area contributed by atoms with Crippen LogP contribution in [-0.2, 0) is 11.3 Å². The number of furan rings is 1. The Bertz CT molecular complexity index is 1040. The number of hydrogen-bond donors (Lipinski definition) is 1. The van der Waals surface area contributed by atoms with Gasteiger partial charge in [0.1, 0.15) is 11.2 Å². The number of nitrogens with zero attached hydrogens (tertiary/aromatic N) is 3. The Morgan fingerprint density at radius 3 is 2.68 bits per heavy atom. The van der Waals surface area contributed by atoms with Crippen LogP contribution in [0.25, 0.3) is 11.1 Å². The lowest BCUT2D eigenvalue weighted by Gasteiger charge is -2.46. The molecule has 0 aromatic carbocycles. The van der Waals surface area contributed by atoms with Crippen molar-refractivity contribution >= 4 is 22.9 Å². The van der Waals surface area contributed by atoms with E-state index in [1.165, 1.54) is 38.5 Å². The second kappa shape index (κ2) is 9.40. The number of nitrogens with one attached hydrogen (secondary N) is 1. The molecule has 3 aliphatic rings. The molecule has 0 radical (unpaired) electrons. The quantitative estimate of drug-likeness (QED) is 0.682. The molecular weight excluding hydrogens is 428 g/mol. The third-order valence-corrected chi connectivity index (χ3v) is 8.84. The van der Waals surface area contributed by atoms with Gasteiger partial charge in [0, 0.05) is 37.3 Å². The van der Waals surface area contributed by atoms with Gasteiger partial charge in [-0.25, -0.2) is 0 Å². The predicted octanol–water partition coefficient (Wildman–Crippen LogP) is 4.41. The second-order valence-electron chi connectivity index (χ2n) is 11.1. The van der Waals surface area contributed by atoms with E-state index in [1.807, 2.05) is 28.5 Å². The summed E-state index contributed by atoms with van der Waals surface area (Å²) in [6.07, 6.45) is 12.5. The normalized spacial score (nSPS) is 28.5. The van der Waals surface area contributed by atoms with E-state index in [4.69, 9.17) is 4.42 Å². The average Bonchev–Trinajstić information content (AvgIpc) is 3.43. The molecule has 0 spiro atoms. The standard InChI is InChI=1S/C27H40N4O3/c1-19-9-7-8-12-21(19)28-26(33)27(2)18-30-22-13-16-34-24(22)17-23(30)25(32)31(27)15-14-29(3)20-10-5-4-6-11-20/h13,16-17,19-21H,4-12,14-15,18H2,1-3H3,(H,28,33)/t19-,21+,27+/m1/s1. The SMILES string of the molecule is C[C@@H]1CCCC[C@@H]1NC(=O)[C@]1(C)Cn2c(cc3occc32)C(=O)N1CCN(C)C1CCCCC1. The maximum Gasteiger partial charge on any atom is 0.271 e. The summed E-state index contributed by atoms with van der Waals surface area (Å²) >= 11 is 0. The average molecular weight is 469 g/mol. The molecule has 7 heteroatoms. The summed E-state index contributed by atoms with van der Waals surface area (Å²) in [5, 5.41) is 3.36. The number of amides is 2. The van der Waals surface area contributed by atoms with Crippen LogP contribution >= 0.6 is 0 Å². The van der Waals surface area contributed by atoms with Gasteiger partial charge in [-0.05, 0) is 45.6 Å². The molecule has 0 saturated heterocycles. The van der Waals surface area contributed by atoms with Crippen molar-refractivity contribution < 1.29 is 14.0 Å². The number of rotatable bonds is 6. The van der Waals surface area contributed by atoms with E-state index in [9.17, 15) is 9.59 Å². The highest BCUT2D eigenvalue weighted by molar-refractivity contribution is 6.02. The lowest BCUT2D eigenvalue weighted by molar-refractivity contribution is -0.134. The molecule has 1 N–H and O–H groups in total. The Kier molecular flexibility index (Phi) is 6.49. The van der Waals surface area contributed by atoms with Crippen LogP contribution in [0.3, 0.4) is 0 Å². The van der Waals surface area contributed by atoms with Crippen LogP contribution in [0.2, 0.25) is 0 Å². The summed E-state index contributed by atoms with van der Waals surface area (Å²) in [6, 6.07) is 4.47. The largest absolute Gasteiger partial charge is 0.463 e. The van der Waals surface area contributed by atoms with Crippen LogP contribution < -0.4 is 5.32 Å². The molecule has 0 bridgehead atoms. The number of fused-ring (bicyclic) bond motifs is 3. The molecule has 2 aliphatic carbocycles. The molecule has 2 fully saturated rings. The summed E-state index contributed by atoms with van der Waals surface area (Å²) in [6.45, 7) is 5.94. The van der Waals surface area contributed by atoms with Crippen molar-refractivity contribution in [3.63, 3.8) is 0 Å². The van der Waals surface area contributed by atoms with Gasteiger partial charge in [-0.3, -0.25) is 9.59 Å². The van der Waals surface area contributed by atoms with E-state index in [2.05, 4.69) is 24.2 Å². The molecule has 5 rings (SSSR count). The molecule has 2 amide bonds. The summed E-state index contributed by atoms with van der Waals surface area (Å²) in [7, 11) is 2.17. The van der Waals surface area contributed by atoms with E-state index < -0.39 is 5.54 Å². The number of carbonyl (C=O) groups is 2. The zero-order valence-corrected chi connectivity index (χ0v) is 21.0. The summed E-state index contributed by atoms with van der Waals surface area (Å²) in [4.78, 5) is 31.9. The smallest absolute Gasteiger partial charge is 0.271 e. The highest BCUT2D eigenvalue weighted by atomic mass is 16.3. The Morgan fingerprint density at radius 2 is 1.91 bits per heavy atom. The number of carbonyl (C=O) groups excluding carboxylic acids is 2. The van der Waals surface area contributed by atoms with Gasteiger partial charge < -0.3 is 24.1 Å². The third kappa shape index (κ3) is 4.16. The minimum absolute atomic E-state index is 0.0316. The molecule has 3 atom stereocenters. The van der Waals surface area contributed by atoms with E-state index >= 15 is 0 Å². The van der Waals surface area contributed by atoms with Gasteiger partial charge in [-0.1, -0.05) is 39.0 Å². The summed E-state index contributed by atoms with van der Waals surface area (Å²) in [5.41, 5.74) is 1.25. The molecule has 1 aliphatic heterocycles. The van der Waals surface area contributed by atoms with E-state index in [1.54, 1.807) is 6.26 Å². The first-order chi connectivity index (χ1) is 16.4. The molecule has 186 valence electrons. The van der Waals surface area contributed by atoms with Crippen LogP contribution in [0.4, 0.5) is 0 Å². The van der Waals surface area contributed by atoms with E-state index in [0.717, 1.165) is 31.3 Å². The van der Waals surface area contributed by atoms with Crippen LogP contribution in [0.15, 0.2) is 22.8 Å². The van der Waals surface area contributed by atoms with Gasteiger partial charge in [0.05, 0.1) is 18.3 Å². The van der Waals surface area contributed by atoms with Crippen molar-refractivity contribution in [2.75, 3.05) is 20.1 Å². The summed E-state index contributed by atoms with van der Waals surface area (Å²) < 4.78 is 7.57. The number of aromatic nitrogens is 1. The molecule has 7 nitrogen and oxygen atoms in total. The first-order valence-electron chi connectivity index (χ1n) is 13.3. The Hall–Kier alpha value is -2.28. The van der Waals surface area contributed by atoms with E-state index in [-0.39, 0.29) is 17.9 Å². The highest BCUT2D eigenvalue weighted by Gasteiger charge is 2.48. The minimum atomic E-state index is -0.947. The Balaban J connectivity index is 1.41. The molecular formula is C27H40N4O3. The maximum atomic E-state index is 13.9. The minimum Gasteiger partial charge on any atom is -0.463 e. The lowest BCUT2D eigenvalue weighted by atomic mass is 9.85. The van der Waals surface area contributed by atoms with E-state index in [0.29, 0.717) is 36.3 Å². The van der Waals surface area contributed by atoms with Gasteiger partial charge in [-0.2, -0.15) is 0 Å². The van der Waals surface area contributed by atoms with Crippen molar-refractivity contribution in [2.24, 2.45) is 5.92 Å². The number of likely N-dealkylation sites (N-methyl/N-ethyl adjacent to an activating group) is 1. The summed E-state index contributed by atoms with van der Waals surface area (Å²) in [5.74, 6) is 0.356. The van der Waals surface area contributed by atoms with Crippen LogP contribution in [0.5, 0.6) is 0 Å². The van der Waals surface area contributed by atoms with Gasteiger partial charge in [0.15, 0.2) is 5.58 Å². The highest BCUT2D eigenvalue weighted by Crippen LogP contribution is 2.34. The maximum absolute atomic E-state index is 13.9. The van der Waals surface area contributed by atoms with Gasteiger partial charge in [-0.15, -0.1) is 0 Å². The monoisotopic (exact) mass is 468 g/mol. The zero-order chi connectivity index (χ0) is 23.9. The fraction of sp³-hybridized carbons (Fsp3) is 0.704. The zero-order valence-electron chi connectivity index (χ0n) is 21.0. The molecule has 3 heterocycles. The lowest BCUT2D eigenvalue weighted by Crippen LogP contribution is -2.66. The van der Waals surface area contributed by atoms with Gasteiger partial charge in [0.25, 0.3) is 5.91 Å². The Labute approximate surface area is 202 Å². The first kappa shape index (κ1) is 23.5.